The Bertz CT molecular complexity index is 385. The van der Waals surface area contributed by atoms with Crippen LogP contribution in [0.5, 0.6) is 0 Å². The molecule has 1 saturated carbocycles. The van der Waals surface area contributed by atoms with Crippen molar-refractivity contribution in [3.63, 3.8) is 0 Å². The van der Waals surface area contributed by atoms with Gasteiger partial charge in [0.25, 0.3) is 0 Å². The summed E-state index contributed by atoms with van der Waals surface area (Å²) in [6.07, 6.45) is 2.35. The number of carbonyl (C=O) groups is 3. The molecule has 2 fully saturated rings. The van der Waals surface area contributed by atoms with Crippen LogP contribution in [0.3, 0.4) is 0 Å². The van der Waals surface area contributed by atoms with Gasteiger partial charge >= 0.3 is 5.97 Å². The van der Waals surface area contributed by atoms with Gasteiger partial charge in [0.1, 0.15) is 0 Å². The van der Waals surface area contributed by atoms with E-state index in [-0.39, 0.29) is 36.5 Å². The van der Waals surface area contributed by atoms with Gasteiger partial charge in [0.2, 0.25) is 11.8 Å². The van der Waals surface area contributed by atoms with Crippen LogP contribution in [0.1, 0.15) is 32.6 Å². The number of amides is 2. The van der Waals surface area contributed by atoms with Crippen molar-refractivity contribution < 1.29 is 19.1 Å². The molecule has 2 amide bonds. The molecular formula is C14H22N2O4. The zero-order valence-corrected chi connectivity index (χ0v) is 12.0. The summed E-state index contributed by atoms with van der Waals surface area (Å²) in [4.78, 5) is 38.6. The third kappa shape index (κ3) is 3.95. The number of nitrogens with zero attached hydrogens (tertiary/aromatic N) is 2. The zero-order valence-electron chi connectivity index (χ0n) is 12.0. The van der Waals surface area contributed by atoms with Gasteiger partial charge in [-0.1, -0.05) is 0 Å². The number of hydrogen-bond acceptors (Lipinski definition) is 4. The molecule has 112 valence electrons. The number of rotatable bonds is 5. The van der Waals surface area contributed by atoms with Crippen LogP contribution in [-0.4, -0.2) is 60.4 Å². The summed E-state index contributed by atoms with van der Waals surface area (Å²) < 4.78 is 4.80. The molecule has 1 aliphatic heterocycles. The first-order valence-electron chi connectivity index (χ1n) is 7.34. The average molecular weight is 282 g/mol. The molecule has 0 radical (unpaired) electrons. The van der Waals surface area contributed by atoms with Crippen molar-refractivity contribution in [2.45, 2.75) is 32.6 Å². The molecule has 20 heavy (non-hydrogen) atoms. The molecule has 2 aliphatic rings. The van der Waals surface area contributed by atoms with Crippen molar-refractivity contribution in [1.29, 1.82) is 0 Å². The van der Waals surface area contributed by atoms with E-state index in [0.29, 0.717) is 32.8 Å². The van der Waals surface area contributed by atoms with Crippen molar-refractivity contribution in [3.05, 3.63) is 0 Å². The van der Waals surface area contributed by atoms with Crippen LogP contribution in [0.15, 0.2) is 0 Å². The molecule has 1 saturated heterocycles. The maximum absolute atomic E-state index is 11.9. The maximum atomic E-state index is 11.9. The number of esters is 1. The fraction of sp³-hybridized carbons (Fsp3) is 0.786. The molecule has 0 atom stereocenters. The molecule has 1 heterocycles. The van der Waals surface area contributed by atoms with Crippen molar-refractivity contribution in [3.8, 4) is 0 Å². The Kier molecular flexibility index (Phi) is 4.98. The summed E-state index contributed by atoms with van der Waals surface area (Å²) in [5.41, 5.74) is 0. The average Bonchev–Trinajstić information content (AvgIpc) is 3.29. The van der Waals surface area contributed by atoms with Crippen molar-refractivity contribution >= 4 is 17.8 Å². The second-order valence-corrected chi connectivity index (χ2v) is 5.29. The molecule has 0 bridgehead atoms. The van der Waals surface area contributed by atoms with E-state index < -0.39 is 0 Å². The Morgan fingerprint density at radius 2 is 1.60 bits per heavy atom. The summed E-state index contributed by atoms with van der Waals surface area (Å²) in [5, 5.41) is 0. The lowest BCUT2D eigenvalue weighted by Gasteiger charge is -2.35. The van der Waals surface area contributed by atoms with E-state index in [4.69, 9.17) is 4.74 Å². The standard InChI is InChI=1S/C14H22N2O4/c1-2-20-13(18)6-5-12(17)15-7-9-16(10-8-15)14(19)11-3-4-11/h11H,2-10H2,1H3. The molecule has 0 unspecified atom stereocenters. The maximum Gasteiger partial charge on any atom is 0.306 e. The summed E-state index contributed by atoms with van der Waals surface area (Å²) in [6.45, 7) is 4.45. The largest absolute Gasteiger partial charge is 0.466 e. The molecular weight excluding hydrogens is 260 g/mol. The smallest absolute Gasteiger partial charge is 0.306 e. The molecule has 0 aromatic carbocycles. The third-order valence-electron chi connectivity index (χ3n) is 3.72. The van der Waals surface area contributed by atoms with Crippen LogP contribution in [0.25, 0.3) is 0 Å². The van der Waals surface area contributed by atoms with Crippen molar-refractivity contribution in [2.24, 2.45) is 5.92 Å². The molecule has 0 spiro atoms. The highest BCUT2D eigenvalue weighted by Gasteiger charge is 2.35. The Balaban J connectivity index is 1.68. The van der Waals surface area contributed by atoms with Crippen LogP contribution < -0.4 is 0 Å². The van der Waals surface area contributed by atoms with Gasteiger partial charge in [-0.15, -0.1) is 0 Å². The molecule has 2 rings (SSSR count). The minimum absolute atomic E-state index is 0.0310. The summed E-state index contributed by atoms with van der Waals surface area (Å²) in [5.74, 6) is 0.115. The molecule has 6 nitrogen and oxygen atoms in total. The fourth-order valence-corrected chi connectivity index (χ4v) is 2.36. The Morgan fingerprint density at radius 3 is 2.15 bits per heavy atom. The Hall–Kier alpha value is -1.59. The molecule has 1 aliphatic carbocycles. The van der Waals surface area contributed by atoms with Crippen LogP contribution in [0.2, 0.25) is 0 Å². The van der Waals surface area contributed by atoms with Crippen molar-refractivity contribution in [2.75, 3.05) is 32.8 Å². The topological polar surface area (TPSA) is 66.9 Å². The fourth-order valence-electron chi connectivity index (χ4n) is 2.36. The van der Waals surface area contributed by atoms with Gasteiger partial charge < -0.3 is 14.5 Å². The monoisotopic (exact) mass is 282 g/mol. The minimum Gasteiger partial charge on any atom is -0.466 e. The molecule has 0 N–H and O–H groups in total. The highest BCUT2D eigenvalue weighted by molar-refractivity contribution is 5.83. The summed E-state index contributed by atoms with van der Waals surface area (Å²) in [6, 6.07) is 0. The van der Waals surface area contributed by atoms with E-state index in [1.54, 1.807) is 11.8 Å². The lowest BCUT2D eigenvalue weighted by Crippen LogP contribution is -2.51. The van der Waals surface area contributed by atoms with Crippen molar-refractivity contribution in [1.82, 2.24) is 9.80 Å². The van der Waals surface area contributed by atoms with Gasteiger partial charge in [-0.25, -0.2) is 0 Å². The number of piperazine rings is 1. The lowest BCUT2D eigenvalue weighted by atomic mass is 10.2. The van der Waals surface area contributed by atoms with E-state index >= 15 is 0 Å². The second-order valence-electron chi connectivity index (χ2n) is 5.29. The van der Waals surface area contributed by atoms with Gasteiger partial charge in [-0.2, -0.15) is 0 Å². The zero-order chi connectivity index (χ0) is 14.5. The Labute approximate surface area is 119 Å². The molecule has 0 aromatic rings. The normalized spacial score (nSPS) is 18.9. The molecule has 6 heteroatoms. The van der Waals surface area contributed by atoms with E-state index in [2.05, 4.69) is 0 Å². The molecule has 0 aromatic heterocycles. The van der Waals surface area contributed by atoms with E-state index in [1.165, 1.54) is 0 Å². The van der Waals surface area contributed by atoms with Gasteiger partial charge in [-0.3, -0.25) is 14.4 Å². The van der Waals surface area contributed by atoms with Crippen LogP contribution in [0.4, 0.5) is 0 Å². The minimum atomic E-state index is -0.330. The first kappa shape index (κ1) is 14.8. The number of hydrogen-bond donors (Lipinski definition) is 0. The second kappa shape index (κ2) is 6.72. The third-order valence-corrected chi connectivity index (χ3v) is 3.72. The highest BCUT2D eigenvalue weighted by atomic mass is 16.5. The number of ether oxygens (including phenoxy) is 1. The summed E-state index contributed by atoms with van der Waals surface area (Å²) >= 11 is 0. The first-order chi connectivity index (χ1) is 9.61. The first-order valence-corrected chi connectivity index (χ1v) is 7.34. The van der Waals surface area contributed by atoms with Crippen LogP contribution >= 0.6 is 0 Å². The van der Waals surface area contributed by atoms with Gasteiger partial charge in [0, 0.05) is 38.5 Å². The lowest BCUT2D eigenvalue weighted by molar-refractivity contribution is -0.146. The van der Waals surface area contributed by atoms with E-state index in [9.17, 15) is 14.4 Å². The van der Waals surface area contributed by atoms with Crippen LogP contribution in [0, 0.1) is 5.92 Å². The number of carbonyl (C=O) groups excluding carboxylic acids is 3. The summed E-state index contributed by atoms with van der Waals surface area (Å²) in [7, 11) is 0. The predicted octanol–water partition coefficient (Wildman–Crippen LogP) is 0.410. The highest BCUT2D eigenvalue weighted by Crippen LogP contribution is 2.31. The van der Waals surface area contributed by atoms with E-state index in [1.807, 2.05) is 4.90 Å². The van der Waals surface area contributed by atoms with Crippen LogP contribution in [-0.2, 0) is 19.1 Å². The van der Waals surface area contributed by atoms with Gasteiger partial charge in [-0.05, 0) is 19.8 Å². The Morgan fingerprint density at radius 1 is 1.00 bits per heavy atom. The van der Waals surface area contributed by atoms with Gasteiger partial charge in [0.15, 0.2) is 0 Å². The predicted molar refractivity (Wildman–Crippen MR) is 71.8 cm³/mol. The SMILES string of the molecule is CCOC(=O)CCC(=O)N1CCN(C(=O)C2CC2)CC1. The van der Waals surface area contributed by atoms with Gasteiger partial charge in [0.05, 0.1) is 13.0 Å². The quantitative estimate of drug-likeness (QED) is 0.685. The van der Waals surface area contributed by atoms with E-state index in [0.717, 1.165) is 12.8 Å².